The fraction of sp³-hybridized carbons (Fsp3) is 0.167. The van der Waals surface area contributed by atoms with Gasteiger partial charge in [0.05, 0.1) is 23.1 Å². The van der Waals surface area contributed by atoms with E-state index in [1.165, 1.54) is 6.20 Å². The third-order valence-electron chi connectivity index (χ3n) is 3.62. The maximum atomic E-state index is 11.9. The molecule has 0 spiro atoms. The van der Waals surface area contributed by atoms with E-state index in [2.05, 4.69) is 15.4 Å². The van der Waals surface area contributed by atoms with Crippen molar-refractivity contribution in [2.24, 2.45) is 0 Å². The number of nitrogens with one attached hydrogen (secondary N) is 1. The molecule has 0 unspecified atom stereocenters. The van der Waals surface area contributed by atoms with E-state index in [9.17, 15) is 4.79 Å². The summed E-state index contributed by atoms with van der Waals surface area (Å²) in [7, 11) is 0. The number of rotatable bonds is 6. The highest BCUT2D eigenvalue weighted by molar-refractivity contribution is 6.30. The average Bonchev–Trinajstić information content (AvgIpc) is 3.13. The molecule has 0 aliphatic rings. The Hall–Kier alpha value is -2.70. The number of aliphatic hydroxyl groups is 1. The molecule has 2 aromatic heterocycles. The summed E-state index contributed by atoms with van der Waals surface area (Å²) in [6.45, 7) is 0.486. The topological polar surface area (TPSA) is 80.0 Å². The molecule has 3 aromatic rings. The van der Waals surface area contributed by atoms with Gasteiger partial charge in [-0.3, -0.25) is 9.78 Å². The Balaban J connectivity index is 1.72. The van der Waals surface area contributed by atoms with Gasteiger partial charge in [0.2, 0.25) is 0 Å². The summed E-state index contributed by atoms with van der Waals surface area (Å²) in [5.41, 5.74) is 2.96. The molecule has 0 saturated carbocycles. The fourth-order valence-corrected chi connectivity index (χ4v) is 2.40. The van der Waals surface area contributed by atoms with Gasteiger partial charge in [-0.2, -0.15) is 5.10 Å². The zero-order valence-corrected chi connectivity index (χ0v) is 14.1. The molecule has 1 amide bonds. The van der Waals surface area contributed by atoms with Crippen molar-refractivity contribution in [3.63, 3.8) is 0 Å². The lowest BCUT2D eigenvalue weighted by atomic mass is 10.2. The molecule has 128 valence electrons. The second kappa shape index (κ2) is 7.92. The van der Waals surface area contributed by atoms with Crippen LogP contribution in [0.15, 0.2) is 55.0 Å². The van der Waals surface area contributed by atoms with Crippen molar-refractivity contribution in [2.75, 3.05) is 13.2 Å². The number of halogens is 1. The normalized spacial score (nSPS) is 10.6. The summed E-state index contributed by atoms with van der Waals surface area (Å²) < 4.78 is 1.74. The molecule has 0 radical (unpaired) electrons. The highest BCUT2D eigenvalue weighted by atomic mass is 35.5. The van der Waals surface area contributed by atoms with E-state index < -0.39 is 0 Å². The first-order valence-corrected chi connectivity index (χ1v) is 8.21. The van der Waals surface area contributed by atoms with Crippen LogP contribution < -0.4 is 5.32 Å². The molecular weight excluding hydrogens is 340 g/mol. The predicted molar refractivity (Wildman–Crippen MR) is 95.8 cm³/mol. The molecule has 0 bridgehead atoms. The molecule has 0 aliphatic heterocycles. The van der Waals surface area contributed by atoms with Crippen molar-refractivity contribution < 1.29 is 9.90 Å². The Morgan fingerprint density at radius 2 is 1.96 bits per heavy atom. The van der Waals surface area contributed by atoms with E-state index in [0.29, 0.717) is 23.6 Å². The van der Waals surface area contributed by atoms with Gasteiger partial charge in [0.25, 0.3) is 5.91 Å². The first kappa shape index (κ1) is 17.1. The summed E-state index contributed by atoms with van der Waals surface area (Å²) >= 11 is 5.90. The summed E-state index contributed by atoms with van der Waals surface area (Å²) in [4.78, 5) is 16.3. The van der Waals surface area contributed by atoms with Crippen molar-refractivity contribution in [2.45, 2.75) is 6.42 Å². The summed E-state index contributed by atoms with van der Waals surface area (Å²) in [5, 5.41) is 16.5. The molecule has 7 heteroatoms. The molecule has 6 nitrogen and oxygen atoms in total. The first-order chi connectivity index (χ1) is 12.2. The molecule has 2 N–H and O–H groups in total. The maximum Gasteiger partial charge on any atom is 0.252 e. The van der Waals surface area contributed by atoms with E-state index in [-0.39, 0.29) is 12.5 Å². The van der Waals surface area contributed by atoms with Crippen LogP contribution in [-0.4, -0.2) is 38.9 Å². The van der Waals surface area contributed by atoms with Crippen LogP contribution in [0.4, 0.5) is 0 Å². The zero-order chi connectivity index (χ0) is 17.6. The van der Waals surface area contributed by atoms with E-state index in [1.807, 2.05) is 18.3 Å². The monoisotopic (exact) mass is 356 g/mol. The van der Waals surface area contributed by atoms with Crippen LogP contribution in [0.25, 0.3) is 16.9 Å². The van der Waals surface area contributed by atoms with Gasteiger partial charge in [0.1, 0.15) is 0 Å². The molecule has 0 atom stereocenters. The van der Waals surface area contributed by atoms with Gasteiger partial charge < -0.3 is 10.4 Å². The van der Waals surface area contributed by atoms with Crippen molar-refractivity contribution in [1.82, 2.24) is 20.1 Å². The van der Waals surface area contributed by atoms with E-state index in [1.54, 1.807) is 35.1 Å². The number of pyridine rings is 1. The van der Waals surface area contributed by atoms with Crippen LogP contribution in [0.1, 0.15) is 16.8 Å². The molecule has 0 fully saturated rings. The highest BCUT2D eigenvalue weighted by Crippen LogP contribution is 2.19. The summed E-state index contributed by atoms with van der Waals surface area (Å²) in [6, 6.07) is 10.9. The maximum absolute atomic E-state index is 11.9. The number of aromatic nitrogens is 3. The van der Waals surface area contributed by atoms with Crippen LogP contribution in [0.3, 0.4) is 0 Å². The SMILES string of the molecule is O=C(NCCCO)c1ccc(-c2cnn(-c3ccc(Cl)cc3)c2)nc1. The van der Waals surface area contributed by atoms with E-state index in [4.69, 9.17) is 16.7 Å². The second-order valence-corrected chi connectivity index (χ2v) is 5.85. The van der Waals surface area contributed by atoms with Gasteiger partial charge in [-0.15, -0.1) is 0 Å². The Morgan fingerprint density at radius 1 is 1.16 bits per heavy atom. The third kappa shape index (κ3) is 4.23. The number of benzene rings is 1. The Labute approximate surface area is 150 Å². The lowest BCUT2D eigenvalue weighted by Crippen LogP contribution is -2.25. The standard InChI is InChI=1S/C18H17ClN4O2/c19-15-3-5-16(6-4-15)23-12-14(11-22-23)17-7-2-13(10-21-17)18(25)20-8-1-9-24/h2-7,10-12,24H,1,8-9H2,(H,20,25). The molecule has 0 aliphatic carbocycles. The molecule has 2 heterocycles. The van der Waals surface area contributed by atoms with Crippen molar-refractivity contribution in [3.8, 4) is 16.9 Å². The van der Waals surface area contributed by atoms with Crippen LogP contribution in [-0.2, 0) is 0 Å². The average molecular weight is 357 g/mol. The van der Waals surface area contributed by atoms with E-state index in [0.717, 1.165) is 16.9 Å². The lowest BCUT2D eigenvalue weighted by Gasteiger charge is -2.04. The van der Waals surface area contributed by atoms with Crippen molar-refractivity contribution >= 4 is 17.5 Å². The molecule has 1 aromatic carbocycles. The highest BCUT2D eigenvalue weighted by Gasteiger charge is 2.08. The number of aliphatic hydroxyl groups excluding tert-OH is 1. The number of amides is 1. The number of hydrogen-bond donors (Lipinski definition) is 2. The Morgan fingerprint density at radius 3 is 2.64 bits per heavy atom. The van der Waals surface area contributed by atoms with Crippen molar-refractivity contribution in [3.05, 3.63) is 65.6 Å². The summed E-state index contributed by atoms with van der Waals surface area (Å²) in [5.74, 6) is -0.204. The third-order valence-corrected chi connectivity index (χ3v) is 3.87. The molecule has 0 saturated heterocycles. The minimum atomic E-state index is -0.204. The Kier molecular flexibility index (Phi) is 5.42. The minimum absolute atomic E-state index is 0.0507. The largest absolute Gasteiger partial charge is 0.396 e. The zero-order valence-electron chi connectivity index (χ0n) is 13.4. The smallest absolute Gasteiger partial charge is 0.252 e. The van der Waals surface area contributed by atoms with Gasteiger partial charge >= 0.3 is 0 Å². The van der Waals surface area contributed by atoms with E-state index >= 15 is 0 Å². The quantitative estimate of drug-likeness (QED) is 0.665. The fourth-order valence-electron chi connectivity index (χ4n) is 2.27. The number of carbonyl (C=O) groups excluding carboxylic acids is 1. The van der Waals surface area contributed by atoms with Gasteiger partial charge in [0.15, 0.2) is 0 Å². The number of carbonyl (C=O) groups is 1. The van der Waals surface area contributed by atoms with Gasteiger partial charge in [-0.05, 0) is 42.8 Å². The summed E-state index contributed by atoms with van der Waals surface area (Å²) in [6.07, 6.45) is 5.65. The van der Waals surface area contributed by atoms with Crippen LogP contribution in [0.2, 0.25) is 5.02 Å². The minimum Gasteiger partial charge on any atom is -0.396 e. The van der Waals surface area contributed by atoms with Crippen LogP contribution in [0, 0.1) is 0 Å². The van der Waals surface area contributed by atoms with Gasteiger partial charge in [-0.25, -0.2) is 4.68 Å². The predicted octanol–water partition coefficient (Wildman–Crippen LogP) is 2.70. The first-order valence-electron chi connectivity index (χ1n) is 7.83. The number of hydrogen-bond acceptors (Lipinski definition) is 4. The Bertz CT molecular complexity index is 844. The van der Waals surface area contributed by atoms with Crippen LogP contribution >= 0.6 is 11.6 Å². The van der Waals surface area contributed by atoms with Crippen molar-refractivity contribution in [1.29, 1.82) is 0 Å². The second-order valence-electron chi connectivity index (χ2n) is 5.42. The van der Waals surface area contributed by atoms with Gasteiger partial charge in [0, 0.05) is 36.1 Å². The molecular formula is C18H17ClN4O2. The van der Waals surface area contributed by atoms with Crippen LogP contribution in [0.5, 0.6) is 0 Å². The lowest BCUT2D eigenvalue weighted by molar-refractivity contribution is 0.0951. The number of nitrogens with zero attached hydrogens (tertiary/aromatic N) is 3. The molecule has 3 rings (SSSR count). The van der Waals surface area contributed by atoms with Gasteiger partial charge in [-0.1, -0.05) is 11.6 Å². The molecule has 25 heavy (non-hydrogen) atoms.